The summed E-state index contributed by atoms with van der Waals surface area (Å²) >= 11 is 0. The maximum Gasteiger partial charge on any atom is 0.332 e. The maximum atomic E-state index is 12.9. The number of fused-ring (bicyclic) bond motifs is 1. The first-order valence-electron chi connectivity index (χ1n) is 10.2. The number of benzene rings is 1. The molecule has 0 saturated carbocycles. The third-order valence-corrected chi connectivity index (χ3v) is 5.05. The minimum absolute atomic E-state index is 0.333. The van der Waals surface area contributed by atoms with Gasteiger partial charge in [0.05, 0.1) is 6.54 Å². The normalized spacial score (nSPS) is 11.3. The lowest BCUT2D eigenvalue weighted by Crippen LogP contribution is -2.37. The SMILES string of the molecule is CCCCNCCCNc1nc2c(c(=O)n(C)c(=O)n2C)n1Cc1ccccc1. The first kappa shape index (κ1) is 20.9. The number of aryl methyl sites for hydroxylation is 1. The average molecular weight is 399 g/mol. The molecule has 2 aromatic heterocycles. The second-order valence-electron chi connectivity index (χ2n) is 7.27. The maximum absolute atomic E-state index is 12.9. The summed E-state index contributed by atoms with van der Waals surface area (Å²) in [4.78, 5) is 29.8. The van der Waals surface area contributed by atoms with Crippen molar-refractivity contribution in [3.05, 3.63) is 56.7 Å². The topological polar surface area (TPSA) is 85.9 Å². The van der Waals surface area contributed by atoms with Crippen molar-refractivity contribution in [1.82, 2.24) is 24.0 Å². The fourth-order valence-corrected chi connectivity index (χ4v) is 3.34. The lowest BCUT2D eigenvalue weighted by Gasteiger charge is -2.11. The van der Waals surface area contributed by atoms with E-state index in [1.165, 1.54) is 24.5 Å². The van der Waals surface area contributed by atoms with Crippen LogP contribution in [-0.2, 0) is 20.6 Å². The third-order valence-electron chi connectivity index (χ3n) is 5.05. The van der Waals surface area contributed by atoms with Crippen molar-refractivity contribution in [1.29, 1.82) is 0 Å². The Morgan fingerprint density at radius 2 is 1.69 bits per heavy atom. The molecule has 0 bridgehead atoms. The van der Waals surface area contributed by atoms with Gasteiger partial charge in [-0.25, -0.2) is 4.79 Å². The van der Waals surface area contributed by atoms with Gasteiger partial charge in [0.2, 0.25) is 5.95 Å². The Labute approximate surface area is 170 Å². The summed E-state index contributed by atoms with van der Waals surface area (Å²) in [7, 11) is 3.14. The lowest BCUT2D eigenvalue weighted by molar-refractivity contribution is 0.624. The van der Waals surface area contributed by atoms with Gasteiger partial charge in [-0.15, -0.1) is 0 Å². The second kappa shape index (κ2) is 9.56. The van der Waals surface area contributed by atoms with Crippen LogP contribution in [0.15, 0.2) is 39.9 Å². The van der Waals surface area contributed by atoms with Gasteiger partial charge in [0.1, 0.15) is 0 Å². The van der Waals surface area contributed by atoms with Gasteiger partial charge < -0.3 is 10.6 Å². The predicted octanol–water partition coefficient (Wildman–Crippen LogP) is 1.67. The molecule has 0 aliphatic rings. The molecular weight excluding hydrogens is 368 g/mol. The van der Waals surface area contributed by atoms with Crippen LogP contribution in [0.5, 0.6) is 0 Å². The van der Waals surface area contributed by atoms with Crippen molar-refractivity contribution in [2.75, 3.05) is 25.0 Å². The fourth-order valence-electron chi connectivity index (χ4n) is 3.34. The molecule has 0 atom stereocenters. The molecule has 3 rings (SSSR count). The number of imidazole rings is 1. The summed E-state index contributed by atoms with van der Waals surface area (Å²) in [5, 5.41) is 6.78. The van der Waals surface area contributed by atoms with Gasteiger partial charge in [0, 0.05) is 20.6 Å². The largest absolute Gasteiger partial charge is 0.356 e. The van der Waals surface area contributed by atoms with Crippen molar-refractivity contribution in [2.24, 2.45) is 14.1 Å². The van der Waals surface area contributed by atoms with E-state index in [1.54, 1.807) is 7.05 Å². The highest BCUT2D eigenvalue weighted by atomic mass is 16.2. The van der Waals surface area contributed by atoms with Gasteiger partial charge in [-0.3, -0.25) is 18.5 Å². The van der Waals surface area contributed by atoms with E-state index in [-0.39, 0.29) is 11.2 Å². The zero-order chi connectivity index (χ0) is 20.8. The van der Waals surface area contributed by atoms with Crippen LogP contribution >= 0.6 is 0 Å². The third kappa shape index (κ3) is 4.59. The van der Waals surface area contributed by atoms with Gasteiger partial charge in [0.25, 0.3) is 5.56 Å². The standard InChI is InChI=1S/C21H30N6O2/c1-4-5-12-22-13-9-14-23-20-24-18-17(19(28)26(3)21(29)25(18)2)27(20)15-16-10-7-6-8-11-16/h6-8,10-11,22H,4-5,9,12-15H2,1-3H3,(H,23,24). The molecule has 0 spiro atoms. The Morgan fingerprint density at radius 3 is 2.41 bits per heavy atom. The van der Waals surface area contributed by atoms with Gasteiger partial charge >= 0.3 is 5.69 Å². The van der Waals surface area contributed by atoms with Crippen LogP contribution in [-0.4, -0.2) is 38.3 Å². The van der Waals surface area contributed by atoms with E-state index >= 15 is 0 Å². The summed E-state index contributed by atoms with van der Waals surface area (Å²) in [5.74, 6) is 0.607. The number of nitrogens with zero attached hydrogens (tertiary/aromatic N) is 4. The number of anilines is 1. The molecule has 0 radical (unpaired) electrons. The summed E-state index contributed by atoms with van der Waals surface area (Å²) in [6, 6.07) is 9.93. The summed E-state index contributed by atoms with van der Waals surface area (Å²) < 4.78 is 4.43. The van der Waals surface area contributed by atoms with E-state index < -0.39 is 0 Å². The molecule has 8 heteroatoms. The smallest absolute Gasteiger partial charge is 0.332 e. The number of rotatable bonds is 10. The number of unbranched alkanes of at least 4 members (excludes halogenated alkanes) is 1. The van der Waals surface area contributed by atoms with Crippen LogP contribution in [0.2, 0.25) is 0 Å². The summed E-state index contributed by atoms with van der Waals surface area (Å²) in [5.41, 5.74) is 1.19. The van der Waals surface area contributed by atoms with Crippen LogP contribution in [0.3, 0.4) is 0 Å². The van der Waals surface area contributed by atoms with Crippen LogP contribution in [0.25, 0.3) is 11.2 Å². The molecular formula is C21H30N6O2. The van der Waals surface area contributed by atoms with Crippen molar-refractivity contribution in [3.63, 3.8) is 0 Å². The fraction of sp³-hybridized carbons (Fsp3) is 0.476. The molecule has 2 N–H and O–H groups in total. The minimum atomic E-state index is -0.376. The van der Waals surface area contributed by atoms with Crippen molar-refractivity contribution in [3.8, 4) is 0 Å². The molecule has 8 nitrogen and oxygen atoms in total. The van der Waals surface area contributed by atoms with Crippen LogP contribution in [0, 0.1) is 0 Å². The highest BCUT2D eigenvalue weighted by molar-refractivity contribution is 5.74. The first-order chi connectivity index (χ1) is 14.0. The van der Waals surface area contributed by atoms with E-state index in [0.29, 0.717) is 23.7 Å². The van der Waals surface area contributed by atoms with E-state index in [0.717, 1.165) is 36.2 Å². The highest BCUT2D eigenvalue weighted by Gasteiger charge is 2.19. The van der Waals surface area contributed by atoms with Crippen LogP contribution in [0.1, 0.15) is 31.7 Å². The molecule has 0 aliphatic carbocycles. The first-order valence-corrected chi connectivity index (χ1v) is 10.2. The number of nitrogens with one attached hydrogen (secondary N) is 2. The Bertz CT molecular complexity index is 1060. The number of hydrogen-bond donors (Lipinski definition) is 2. The van der Waals surface area contributed by atoms with E-state index in [9.17, 15) is 9.59 Å². The Kier molecular flexibility index (Phi) is 6.87. The van der Waals surface area contributed by atoms with Crippen molar-refractivity contribution >= 4 is 17.1 Å². The van der Waals surface area contributed by atoms with E-state index in [1.807, 2.05) is 34.9 Å². The van der Waals surface area contributed by atoms with Gasteiger partial charge in [0.15, 0.2) is 11.2 Å². The number of hydrogen-bond acceptors (Lipinski definition) is 5. The zero-order valence-corrected chi connectivity index (χ0v) is 17.4. The molecule has 0 saturated heterocycles. The molecule has 3 aromatic rings. The van der Waals surface area contributed by atoms with Crippen molar-refractivity contribution in [2.45, 2.75) is 32.7 Å². The summed E-state index contributed by atoms with van der Waals surface area (Å²) in [6.07, 6.45) is 3.30. The highest BCUT2D eigenvalue weighted by Crippen LogP contribution is 2.17. The molecule has 0 fully saturated rings. The molecule has 156 valence electrons. The Morgan fingerprint density at radius 1 is 0.966 bits per heavy atom. The molecule has 0 aliphatic heterocycles. The van der Waals surface area contributed by atoms with Gasteiger partial charge in [-0.1, -0.05) is 43.7 Å². The van der Waals surface area contributed by atoms with Crippen LogP contribution in [0.4, 0.5) is 5.95 Å². The second-order valence-corrected chi connectivity index (χ2v) is 7.27. The van der Waals surface area contributed by atoms with Gasteiger partial charge in [-0.2, -0.15) is 4.98 Å². The van der Waals surface area contributed by atoms with E-state index in [2.05, 4.69) is 22.5 Å². The minimum Gasteiger partial charge on any atom is -0.356 e. The Balaban J connectivity index is 1.90. The molecule has 1 aromatic carbocycles. The lowest BCUT2D eigenvalue weighted by atomic mass is 10.2. The quantitative estimate of drug-likeness (QED) is 0.508. The molecule has 2 heterocycles. The molecule has 0 amide bonds. The Hall–Kier alpha value is -2.87. The van der Waals surface area contributed by atoms with Crippen molar-refractivity contribution < 1.29 is 0 Å². The molecule has 29 heavy (non-hydrogen) atoms. The summed E-state index contributed by atoms with van der Waals surface area (Å²) in [6.45, 7) is 5.36. The van der Waals surface area contributed by atoms with Gasteiger partial charge in [-0.05, 0) is 31.5 Å². The van der Waals surface area contributed by atoms with E-state index in [4.69, 9.17) is 0 Å². The molecule has 0 unspecified atom stereocenters. The van der Waals surface area contributed by atoms with Crippen LogP contribution < -0.4 is 21.9 Å². The number of aromatic nitrogens is 4. The average Bonchev–Trinajstić information content (AvgIpc) is 3.09. The predicted molar refractivity (Wildman–Crippen MR) is 117 cm³/mol. The zero-order valence-electron chi connectivity index (χ0n) is 17.4. The monoisotopic (exact) mass is 398 g/mol.